The molecule has 0 aliphatic carbocycles. The Morgan fingerprint density at radius 3 is 2.04 bits per heavy atom. The third kappa shape index (κ3) is 3.40. The van der Waals surface area contributed by atoms with Crippen LogP contribution >= 0.6 is 23.7 Å². The number of rotatable bonds is 3. The van der Waals surface area contributed by atoms with Crippen LogP contribution in [0.2, 0.25) is 0 Å². The summed E-state index contributed by atoms with van der Waals surface area (Å²) in [6, 6.07) is 28.7. The molecule has 0 saturated carbocycles. The average Bonchev–Trinajstić information content (AvgIpc) is 2.68. The van der Waals surface area contributed by atoms with Crippen LogP contribution in [0.4, 0.5) is 0 Å². The largest absolute Gasteiger partial charge is 0.317 e. The van der Waals surface area contributed by atoms with E-state index in [0.717, 1.165) is 37.0 Å². The van der Waals surface area contributed by atoms with E-state index in [1.54, 1.807) is 0 Å². The van der Waals surface area contributed by atoms with Gasteiger partial charge in [0, 0.05) is 15.1 Å². The molecule has 0 saturated heterocycles. The first-order valence-electron chi connectivity index (χ1n) is 8.52. The Labute approximate surface area is 162 Å². The molecule has 0 aromatic heterocycles. The Bertz CT molecular complexity index is 1100. The van der Waals surface area contributed by atoms with Gasteiger partial charge >= 0.3 is 0 Å². The lowest BCUT2D eigenvalue weighted by Gasteiger charge is -2.13. The van der Waals surface area contributed by atoms with E-state index < -0.39 is 7.80 Å². The molecule has 0 heterocycles. The van der Waals surface area contributed by atoms with Crippen molar-refractivity contribution in [3.05, 3.63) is 95.0 Å². The van der Waals surface area contributed by atoms with E-state index in [2.05, 4.69) is 52.3 Å². The van der Waals surface area contributed by atoms with E-state index in [-0.39, 0.29) is 0 Å². The number of fused-ring (bicyclic) bond motifs is 1. The third-order valence-electron chi connectivity index (χ3n) is 4.60. The minimum Gasteiger partial charge on any atom is -0.317 e. The van der Waals surface area contributed by atoms with Gasteiger partial charge in [-0.05, 0) is 53.1 Å². The van der Waals surface area contributed by atoms with Gasteiger partial charge in [0.05, 0.1) is 0 Å². The van der Waals surface area contributed by atoms with Gasteiger partial charge in [-0.1, -0.05) is 82.2 Å². The van der Waals surface area contributed by atoms with Crippen LogP contribution in [0.15, 0.2) is 89.4 Å². The summed E-state index contributed by atoms with van der Waals surface area (Å²) in [6.07, 6.45) is 0. The fourth-order valence-corrected chi connectivity index (χ4v) is 4.95. The molecule has 0 aliphatic rings. The maximum absolute atomic E-state index is 13.4. The highest BCUT2D eigenvalue weighted by Crippen LogP contribution is 2.32. The molecule has 0 N–H and O–H groups in total. The number of benzene rings is 4. The fourth-order valence-electron chi connectivity index (χ4n) is 3.16. The van der Waals surface area contributed by atoms with Crippen molar-refractivity contribution in [2.75, 3.05) is 0 Å². The first kappa shape index (κ1) is 17.3. The summed E-state index contributed by atoms with van der Waals surface area (Å²) in [5, 5.41) is 4.09. The Balaban J connectivity index is 1.93. The van der Waals surface area contributed by atoms with Crippen LogP contribution in [0.3, 0.4) is 0 Å². The predicted molar refractivity (Wildman–Crippen MR) is 117 cm³/mol. The number of halogens is 1. The minimum absolute atomic E-state index is 0.897. The van der Waals surface area contributed by atoms with Crippen molar-refractivity contribution in [1.82, 2.24) is 0 Å². The summed E-state index contributed by atoms with van der Waals surface area (Å²) < 4.78 is 14.5. The van der Waals surface area contributed by atoms with Gasteiger partial charge in [0.2, 0.25) is 0 Å². The molecule has 3 heteroatoms. The summed E-state index contributed by atoms with van der Waals surface area (Å²) >= 11 is 3.49. The Kier molecular flexibility index (Phi) is 4.80. The molecule has 4 aromatic carbocycles. The topological polar surface area (TPSA) is 17.1 Å². The van der Waals surface area contributed by atoms with Crippen molar-refractivity contribution < 1.29 is 4.57 Å². The Morgan fingerprint density at radius 2 is 1.38 bits per heavy atom. The van der Waals surface area contributed by atoms with Gasteiger partial charge in [0.15, 0.2) is 0 Å². The highest BCUT2D eigenvalue weighted by atomic mass is 79.9. The zero-order valence-corrected chi connectivity index (χ0v) is 17.0. The zero-order chi connectivity index (χ0) is 18.1. The van der Waals surface area contributed by atoms with Gasteiger partial charge in [-0.3, -0.25) is 0 Å². The molecule has 26 heavy (non-hydrogen) atoms. The van der Waals surface area contributed by atoms with E-state index in [9.17, 15) is 4.57 Å². The molecule has 0 aliphatic heterocycles. The molecule has 4 aromatic rings. The Morgan fingerprint density at radius 1 is 0.769 bits per heavy atom. The lowest BCUT2D eigenvalue weighted by molar-refractivity contribution is 0.598. The van der Waals surface area contributed by atoms with Gasteiger partial charge in [-0.2, -0.15) is 0 Å². The highest BCUT2D eigenvalue weighted by molar-refractivity contribution is 9.10. The molecular weight excluding hydrogens is 403 g/mol. The molecule has 1 atom stereocenters. The smallest absolute Gasteiger partial charge is 0.132 e. The van der Waals surface area contributed by atoms with E-state index in [1.807, 2.05) is 55.5 Å². The van der Waals surface area contributed by atoms with Crippen LogP contribution in [0.1, 0.15) is 5.56 Å². The van der Waals surface area contributed by atoms with E-state index in [1.165, 1.54) is 5.56 Å². The summed E-state index contributed by atoms with van der Waals surface area (Å²) in [5.74, 6) is 0. The molecule has 0 fully saturated rings. The molecule has 1 nitrogen and oxygen atoms in total. The van der Waals surface area contributed by atoms with E-state index >= 15 is 0 Å². The first-order chi connectivity index (χ1) is 12.6. The average molecular weight is 421 g/mol. The summed E-state index contributed by atoms with van der Waals surface area (Å²) in [6.45, 7) is 2.05. The molecule has 4 rings (SSSR count). The van der Waals surface area contributed by atoms with Gasteiger partial charge in [-0.25, -0.2) is 0 Å². The van der Waals surface area contributed by atoms with Crippen LogP contribution in [0, 0.1) is 6.92 Å². The predicted octanol–water partition coefficient (Wildman–Crippen LogP) is 6.09. The molecular formula is C23H18BrOP. The second-order valence-corrected chi connectivity index (χ2v) is 9.14. The van der Waals surface area contributed by atoms with Crippen LogP contribution in [-0.2, 0) is 4.57 Å². The van der Waals surface area contributed by atoms with E-state index in [4.69, 9.17) is 0 Å². The summed E-state index contributed by atoms with van der Waals surface area (Å²) in [5.41, 5.74) is 3.30. The second-order valence-electron chi connectivity index (χ2n) is 6.45. The maximum Gasteiger partial charge on any atom is 0.132 e. The van der Waals surface area contributed by atoms with Crippen molar-refractivity contribution in [3.63, 3.8) is 0 Å². The zero-order valence-electron chi connectivity index (χ0n) is 14.4. The lowest BCUT2D eigenvalue weighted by atomic mass is 10.0. The monoisotopic (exact) mass is 420 g/mol. The molecule has 0 bridgehead atoms. The summed E-state index contributed by atoms with van der Waals surface area (Å²) in [7, 11) is -2.10. The highest BCUT2D eigenvalue weighted by Gasteiger charge is 2.15. The van der Waals surface area contributed by atoms with Gasteiger partial charge in [-0.15, -0.1) is 0 Å². The van der Waals surface area contributed by atoms with Gasteiger partial charge < -0.3 is 4.57 Å². The lowest BCUT2D eigenvalue weighted by Crippen LogP contribution is -2.09. The molecule has 1 unspecified atom stereocenters. The van der Waals surface area contributed by atoms with Crippen LogP contribution in [0.25, 0.3) is 21.9 Å². The van der Waals surface area contributed by atoms with Crippen molar-refractivity contribution >= 4 is 45.1 Å². The minimum atomic E-state index is -2.10. The standard InChI is InChI=1S/C23H18BrOP/c1-16-6-12-21(13-7-16)26(25)23-15-19-5-3-2-4-18(19)14-22(23)17-8-10-20(24)11-9-17/h2-15,26H,1H3. The molecule has 0 amide bonds. The van der Waals surface area contributed by atoms with E-state index in [0.29, 0.717) is 0 Å². The van der Waals surface area contributed by atoms with Gasteiger partial charge in [0.1, 0.15) is 7.80 Å². The molecule has 128 valence electrons. The fraction of sp³-hybridized carbons (Fsp3) is 0.0435. The van der Waals surface area contributed by atoms with Crippen molar-refractivity contribution in [3.8, 4) is 11.1 Å². The normalized spacial score (nSPS) is 12.2. The SMILES string of the molecule is Cc1ccc([PH](=O)c2cc3ccccc3cc2-c2ccc(Br)cc2)cc1. The molecule has 0 radical (unpaired) electrons. The van der Waals surface area contributed by atoms with Crippen LogP contribution in [-0.4, -0.2) is 0 Å². The maximum atomic E-state index is 13.4. The van der Waals surface area contributed by atoms with Crippen molar-refractivity contribution in [2.45, 2.75) is 6.92 Å². The number of hydrogen-bond donors (Lipinski definition) is 0. The number of aryl methyl sites for hydroxylation is 1. The van der Waals surface area contributed by atoms with Crippen LogP contribution in [0.5, 0.6) is 0 Å². The first-order valence-corrected chi connectivity index (χ1v) is 10.7. The Hall–Kier alpha value is -2.15. The second kappa shape index (κ2) is 7.23. The third-order valence-corrected chi connectivity index (χ3v) is 6.89. The van der Waals surface area contributed by atoms with Crippen molar-refractivity contribution in [1.29, 1.82) is 0 Å². The van der Waals surface area contributed by atoms with Crippen molar-refractivity contribution in [2.24, 2.45) is 0 Å². The summed E-state index contributed by atoms with van der Waals surface area (Å²) in [4.78, 5) is 0. The molecule has 0 spiro atoms. The quantitative estimate of drug-likeness (QED) is 0.366. The number of hydrogen-bond acceptors (Lipinski definition) is 1. The van der Waals surface area contributed by atoms with Gasteiger partial charge in [0.25, 0.3) is 0 Å². The van der Waals surface area contributed by atoms with Crippen LogP contribution < -0.4 is 10.6 Å².